The first-order valence-corrected chi connectivity index (χ1v) is 7.83. The van der Waals surface area contributed by atoms with Gasteiger partial charge in [-0.2, -0.15) is 0 Å². The molecule has 2 heterocycles. The Bertz CT molecular complexity index is 378. The second kappa shape index (κ2) is 5.70. The van der Waals surface area contributed by atoms with Crippen LogP contribution in [0.1, 0.15) is 22.6 Å². The van der Waals surface area contributed by atoms with Crippen LogP contribution in [0.4, 0.5) is 0 Å². The van der Waals surface area contributed by atoms with Gasteiger partial charge < -0.3 is 10.2 Å². The molecule has 1 aliphatic carbocycles. The third-order valence-corrected chi connectivity index (χ3v) is 4.90. The molecule has 18 heavy (non-hydrogen) atoms. The summed E-state index contributed by atoms with van der Waals surface area (Å²) in [6.45, 7) is 7.05. The molecular weight excluding hydrogens is 242 g/mol. The fraction of sp³-hybridized carbons (Fsp3) is 0.714. The van der Waals surface area contributed by atoms with E-state index in [1.165, 1.54) is 48.8 Å². The number of piperazine rings is 1. The molecule has 3 rings (SSSR count). The van der Waals surface area contributed by atoms with Gasteiger partial charge in [-0.3, -0.25) is 4.90 Å². The lowest BCUT2D eigenvalue weighted by molar-refractivity contribution is 0.149. The normalized spacial score (nSPS) is 22.5. The first-order chi connectivity index (χ1) is 8.79. The van der Waals surface area contributed by atoms with Crippen LogP contribution in [0.15, 0.2) is 12.1 Å². The fourth-order valence-electron chi connectivity index (χ4n) is 2.36. The van der Waals surface area contributed by atoms with E-state index in [4.69, 9.17) is 0 Å². The third kappa shape index (κ3) is 3.54. The van der Waals surface area contributed by atoms with Crippen LogP contribution in [0.3, 0.4) is 0 Å². The van der Waals surface area contributed by atoms with Crippen molar-refractivity contribution in [1.82, 2.24) is 15.1 Å². The zero-order chi connectivity index (χ0) is 12.4. The molecule has 1 aromatic rings. The molecule has 0 aromatic carbocycles. The van der Waals surface area contributed by atoms with Crippen LogP contribution in [-0.2, 0) is 13.1 Å². The zero-order valence-electron chi connectivity index (χ0n) is 11.2. The Labute approximate surface area is 114 Å². The van der Waals surface area contributed by atoms with Crippen molar-refractivity contribution in [3.05, 3.63) is 21.9 Å². The zero-order valence-corrected chi connectivity index (χ0v) is 12.0. The number of rotatable bonds is 5. The predicted molar refractivity (Wildman–Crippen MR) is 77.0 cm³/mol. The Morgan fingerprint density at radius 1 is 1.17 bits per heavy atom. The summed E-state index contributed by atoms with van der Waals surface area (Å²) in [6, 6.07) is 5.42. The molecule has 1 saturated heterocycles. The van der Waals surface area contributed by atoms with Crippen LogP contribution in [-0.4, -0.2) is 49.1 Å². The summed E-state index contributed by atoms with van der Waals surface area (Å²) in [5, 5.41) is 3.59. The Kier molecular flexibility index (Phi) is 3.99. The molecule has 1 aliphatic heterocycles. The number of nitrogens with one attached hydrogen (secondary N) is 1. The van der Waals surface area contributed by atoms with E-state index in [2.05, 4.69) is 34.3 Å². The Balaban J connectivity index is 1.46. The van der Waals surface area contributed by atoms with Crippen molar-refractivity contribution in [3.63, 3.8) is 0 Å². The van der Waals surface area contributed by atoms with Crippen molar-refractivity contribution in [2.75, 3.05) is 33.2 Å². The van der Waals surface area contributed by atoms with Gasteiger partial charge in [-0.25, -0.2) is 0 Å². The average molecular weight is 265 g/mol. The first-order valence-electron chi connectivity index (χ1n) is 7.01. The Hall–Kier alpha value is -0.420. The maximum Gasteiger partial charge on any atom is 0.0329 e. The van der Waals surface area contributed by atoms with Crippen LogP contribution >= 0.6 is 11.3 Å². The summed E-state index contributed by atoms with van der Waals surface area (Å²) in [4.78, 5) is 8.00. The molecule has 0 unspecified atom stereocenters. The van der Waals surface area contributed by atoms with Gasteiger partial charge in [-0.05, 0) is 32.0 Å². The molecule has 0 spiro atoms. The quantitative estimate of drug-likeness (QED) is 0.875. The van der Waals surface area contributed by atoms with Gasteiger partial charge in [0.2, 0.25) is 0 Å². The van der Waals surface area contributed by atoms with Crippen molar-refractivity contribution >= 4 is 11.3 Å². The molecule has 4 heteroatoms. The lowest BCUT2D eigenvalue weighted by atomic mass is 10.3. The van der Waals surface area contributed by atoms with Gasteiger partial charge in [-0.15, -0.1) is 11.3 Å². The number of likely N-dealkylation sites (N-methyl/N-ethyl adjacent to an activating group) is 1. The highest BCUT2D eigenvalue weighted by Crippen LogP contribution is 2.22. The van der Waals surface area contributed by atoms with E-state index in [9.17, 15) is 0 Å². The van der Waals surface area contributed by atoms with Gasteiger partial charge in [0.05, 0.1) is 0 Å². The summed E-state index contributed by atoms with van der Waals surface area (Å²) in [5.74, 6) is 0. The summed E-state index contributed by atoms with van der Waals surface area (Å²) < 4.78 is 0. The predicted octanol–water partition coefficient (Wildman–Crippen LogP) is 1.75. The average Bonchev–Trinajstić information content (AvgIpc) is 3.10. The van der Waals surface area contributed by atoms with Crippen LogP contribution < -0.4 is 5.32 Å². The topological polar surface area (TPSA) is 18.5 Å². The summed E-state index contributed by atoms with van der Waals surface area (Å²) in [5.41, 5.74) is 0. The van der Waals surface area contributed by atoms with Crippen LogP contribution in [0.2, 0.25) is 0 Å². The monoisotopic (exact) mass is 265 g/mol. The van der Waals surface area contributed by atoms with E-state index in [1.54, 1.807) is 0 Å². The molecular formula is C14H23N3S. The minimum atomic E-state index is 0.813. The van der Waals surface area contributed by atoms with Crippen molar-refractivity contribution in [2.45, 2.75) is 32.0 Å². The molecule has 1 saturated carbocycles. The molecule has 0 radical (unpaired) electrons. The minimum absolute atomic E-state index is 0.813. The van der Waals surface area contributed by atoms with Gasteiger partial charge in [0.15, 0.2) is 0 Å². The standard InChI is InChI=1S/C14H23N3S/c1-16-6-8-17(9-7-16)11-14-5-4-13(18-14)10-15-12-2-3-12/h4-5,12,15H,2-3,6-11H2,1H3. The van der Waals surface area contributed by atoms with E-state index >= 15 is 0 Å². The Morgan fingerprint density at radius 3 is 2.61 bits per heavy atom. The third-order valence-electron chi connectivity index (χ3n) is 3.83. The van der Waals surface area contributed by atoms with Crippen molar-refractivity contribution < 1.29 is 0 Å². The molecule has 1 aromatic heterocycles. The van der Waals surface area contributed by atoms with Crippen LogP contribution in [0, 0.1) is 0 Å². The summed E-state index contributed by atoms with van der Waals surface area (Å²) >= 11 is 1.98. The maximum absolute atomic E-state index is 3.59. The van der Waals surface area contributed by atoms with E-state index < -0.39 is 0 Å². The van der Waals surface area contributed by atoms with Gasteiger partial charge in [0.1, 0.15) is 0 Å². The molecule has 0 amide bonds. The highest BCUT2D eigenvalue weighted by atomic mass is 32.1. The summed E-state index contributed by atoms with van der Waals surface area (Å²) in [7, 11) is 2.21. The maximum atomic E-state index is 3.59. The highest BCUT2D eigenvalue weighted by Gasteiger charge is 2.20. The SMILES string of the molecule is CN1CCN(Cc2ccc(CNC3CC3)s2)CC1. The van der Waals surface area contributed by atoms with E-state index in [-0.39, 0.29) is 0 Å². The minimum Gasteiger partial charge on any atom is -0.309 e. The first kappa shape index (κ1) is 12.6. The van der Waals surface area contributed by atoms with E-state index in [0.29, 0.717) is 0 Å². The lowest BCUT2D eigenvalue weighted by Crippen LogP contribution is -2.43. The molecule has 0 atom stereocenters. The van der Waals surface area contributed by atoms with E-state index in [0.717, 1.165) is 19.1 Å². The van der Waals surface area contributed by atoms with Gasteiger partial charge >= 0.3 is 0 Å². The molecule has 0 bridgehead atoms. The largest absolute Gasteiger partial charge is 0.309 e. The molecule has 2 aliphatic rings. The van der Waals surface area contributed by atoms with Crippen LogP contribution in [0.5, 0.6) is 0 Å². The van der Waals surface area contributed by atoms with Crippen molar-refractivity contribution in [2.24, 2.45) is 0 Å². The van der Waals surface area contributed by atoms with Gasteiger partial charge in [-0.1, -0.05) is 0 Å². The number of thiophene rings is 1. The molecule has 1 N–H and O–H groups in total. The van der Waals surface area contributed by atoms with E-state index in [1.807, 2.05) is 11.3 Å². The molecule has 100 valence electrons. The van der Waals surface area contributed by atoms with Gasteiger partial charge in [0.25, 0.3) is 0 Å². The van der Waals surface area contributed by atoms with Crippen LogP contribution in [0.25, 0.3) is 0 Å². The smallest absolute Gasteiger partial charge is 0.0329 e. The number of hydrogen-bond acceptors (Lipinski definition) is 4. The summed E-state index contributed by atoms with van der Waals surface area (Å²) in [6.07, 6.45) is 2.75. The number of hydrogen-bond donors (Lipinski definition) is 1. The second-order valence-electron chi connectivity index (χ2n) is 5.60. The van der Waals surface area contributed by atoms with Gasteiger partial charge in [0, 0.05) is 55.1 Å². The Morgan fingerprint density at radius 2 is 1.89 bits per heavy atom. The molecule has 2 fully saturated rings. The molecule has 3 nitrogen and oxygen atoms in total. The second-order valence-corrected chi connectivity index (χ2v) is 6.86. The lowest BCUT2D eigenvalue weighted by Gasteiger charge is -2.31. The fourth-order valence-corrected chi connectivity index (χ4v) is 3.37. The number of nitrogens with zero attached hydrogens (tertiary/aromatic N) is 2. The highest BCUT2D eigenvalue weighted by molar-refractivity contribution is 7.11. The van der Waals surface area contributed by atoms with Crippen molar-refractivity contribution in [3.8, 4) is 0 Å². The van der Waals surface area contributed by atoms with Crippen molar-refractivity contribution in [1.29, 1.82) is 0 Å².